The van der Waals surface area contributed by atoms with Crippen LogP contribution < -0.4 is 5.73 Å². The second kappa shape index (κ2) is 6.29. The van der Waals surface area contributed by atoms with Gasteiger partial charge < -0.3 is 10.5 Å². The highest BCUT2D eigenvalue weighted by atomic mass is 32.2. The Balaban J connectivity index is 2.30. The second-order valence-corrected chi connectivity index (χ2v) is 7.17. The highest BCUT2D eigenvalue weighted by Gasteiger charge is 2.28. The normalized spacial score (nSPS) is 19.3. The summed E-state index contributed by atoms with van der Waals surface area (Å²) in [6.07, 6.45) is 1.74. The molecule has 0 amide bonds. The van der Waals surface area contributed by atoms with Gasteiger partial charge in [0.25, 0.3) is 0 Å². The molecule has 2 rings (SSSR count). The van der Waals surface area contributed by atoms with E-state index in [9.17, 15) is 12.8 Å². The first-order chi connectivity index (χ1) is 9.86. The average Bonchev–Trinajstić information content (AvgIpc) is 2.94. The van der Waals surface area contributed by atoms with Crippen molar-refractivity contribution in [1.82, 2.24) is 4.31 Å². The summed E-state index contributed by atoms with van der Waals surface area (Å²) in [7, 11) is -3.69. The van der Waals surface area contributed by atoms with Crippen LogP contribution in [-0.4, -0.2) is 38.5 Å². The number of nitrogens with zero attached hydrogens (tertiary/aromatic N) is 1. The smallest absolute Gasteiger partial charge is 0.243 e. The Morgan fingerprint density at radius 1 is 1.48 bits per heavy atom. The van der Waals surface area contributed by atoms with Gasteiger partial charge in [0.15, 0.2) is 0 Å². The van der Waals surface area contributed by atoms with Crippen molar-refractivity contribution >= 4 is 15.7 Å². The fourth-order valence-electron chi connectivity index (χ4n) is 2.47. The van der Waals surface area contributed by atoms with Crippen molar-refractivity contribution in [2.24, 2.45) is 0 Å². The fourth-order valence-corrected chi connectivity index (χ4v) is 4.08. The first-order valence-electron chi connectivity index (χ1n) is 7.03. The summed E-state index contributed by atoms with van der Waals surface area (Å²) in [5, 5.41) is 0. The Hall–Kier alpha value is -1.18. The summed E-state index contributed by atoms with van der Waals surface area (Å²) in [4.78, 5) is 0.0266. The maximum atomic E-state index is 13.6. The number of hydrogen-bond acceptors (Lipinski definition) is 4. The van der Waals surface area contributed by atoms with Crippen molar-refractivity contribution < 1.29 is 17.5 Å². The molecule has 5 nitrogen and oxygen atoms in total. The van der Waals surface area contributed by atoms with E-state index < -0.39 is 15.8 Å². The van der Waals surface area contributed by atoms with Crippen molar-refractivity contribution in [1.29, 1.82) is 0 Å². The minimum Gasteiger partial charge on any atom is -0.396 e. The van der Waals surface area contributed by atoms with Gasteiger partial charge in [-0.05, 0) is 37.5 Å². The number of nitrogens with two attached hydrogens (primary N) is 1. The molecular weight excluding hydrogens is 295 g/mol. The van der Waals surface area contributed by atoms with E-state index in [1.165, 1.54) is 23.4 Å². The summed E-state index contributed by atoms with van der Waals surface area (Å²) in [6.45, 7) is 4.59. The molecule has 1 unspecified atom stereocenters. The van der Waals surface area contributed by atoms with Crippen LogP contribution in [0.2, 0.25) is 0 Å². The molecular formula is C14H21FN2O3S. The van der Waals surface area contributed by atoms with Gasteiger partial charge in [0.05, 0.1) is 16.7 Å². The molecule has 1 saturated heterocycles. The zero-order chi connectivity index (χ0) is 15.6. The number of ether oxygens (including phenoxy) is 1. The van der Waals surface area contributed by atoms with E-state index in [1.807, 2.05) is 0 Å². The lowest BCUT2D eigenvalue weighted by Crippen LogP contribution is -2.37. The van der Waals surface area contributed by atoms with E-state index in [-0.39, 0.29) is 22.3 Å². The average molecular weight is 316 g/mol. The number of sulfonamides is 1. The van der Waals surface area contributed by atoms with Crippen LogP contribution in [0.5, 0.6) is 0 Å². The topological polar surface area (TPSA) is 72.6 Å². The first-order valence-corrected chi connectivity index (χ1v) is 8.47. The molecule has 21 heavy (non-hydrogen) atoms. The van der Waals surface area contributed by atoms with Crippen LogP contribution in [-0.2, 0) is 14.8 Å². The maximum absolute atomic E-state index is 13.6. The van der Waals surface area contributed by atoms with Gasteiger partial charge >= 0.3 is 0 Å². The first kappa shape index (κ1) is 16.2. The monoisotopic (exact) mass is 316 g/mol. The Bertz CT molecular complexity index is 590. The minimum absolute atomic E-state index is 0.0266. The molecule has 0 spiro atoms. The van der Waals surface area contributed by atoms with Crippen molar-refractivity contribution in [3.05, 3.63) is 23.5 Å². The number of halogens is 1. The van der Waals surface area contributed by atoms with E-state index >= 15 is 0 Å². The molecule has 1 fully saturated rings. The number of hydrogen-bond donors (Lipinski definition) is 1. The van der Waals surface area contributed by atoms with Crippen LogP contribution in [0.4, 0.5) is 10.1 Å². The van der Waals surface area contributed by atoms with Crippen LogP contribution in [0.3, 0.4) is 0 Å². The predicted molar refractivity (Wildman–Crippen MR) is 79.0 cm³/mol. The summed E-state index contributed by atoms with van der Waals surface area (Å²) in [6, 6.07) is 2.50. The summed E-state index contributed by atoms with van der Waals surface area (Å²) >= 11 is 0. The van der Waals surface area contributed by atoms with Crippen molar-refractivity contribution in [3.8, 4) is 0 Å². The van der Waals surface area contributed by atoms with Gasteiger partial charge in [-0.3, -0.25) is 0 Å². The molecule has 1 heterocycles. The summed E-state index contributed by atoms with van der Waals surface area (Å²) in [5.74, 6) is -0.573. The molecule has 1 aromatic carbocycles. The van der Waals surface area contributed by atoms with Crippen LogP contribution in [0, 0.1) is 12.7 Å². The van der Waals surface area contributed by atoms with Crippen LogP contribution >= 0.6 is 0 Å². The van der Waals surface area contributed by atoms with E-state index in [4.69, 9.17) is 10.5 Å². The molecule has 2 N–H and O–H groups in total. The largest absolute Gasteiger partial charge is 0.396 e. The van der Waals surface area contributed by atoms with Crippen LogP contribution in [0.1, 0.15) is 25.3 Å². The van der Waals surface area contributed by atoms with E-state index in [0.717, 1.165) is 12.8 Å². The second-order valence-electron chi connectivity index (χ2n) is 5.23. The Morgan fingerprint density at radius 3 is 2.71 bits per heavy atom. The zero-order valence-corrected chi connectivity index (χ0v) is 13.1. The van der Waals surface area contributed by atoms with E-state index in [1.54, 1.807) is 6.92 Å². The van der Waals surface area contributed by atoms with E-state index in [2.05, 4.69) is 0 Å². The molecule has 1 aliphatic rings. The maximum Gasteiger partial charge on any atom is 0.243 e. The Morgan fingerprint density at radius 2 is 2.19 bits per heavy atom. The number of benzene rings is 1. The SMILES string of the molecule is CCN(CC1CCCO1)S(=O)(=O)c1cc(C)c(F)c(N)c1. The zero-order valence-electron chi connectivity index (χ0n) is 12.3. The third kappa shape index (κ3) is 3.36. The highest BCUT2D eigenvalue weighted by molar-refractivity contribution is 7.89. The molecule has 0 bridgehead atoms. The van der Waals surface area contributed by atoms with Gasteiger partial charge in [-0.25, -0.2) is 12.8 Å². The molecule has 0 aromatic heterocycles. The molecule has 1 aliphatic heterocycles. The van der Waals surface area contributed by atoms with Gasteiger partial charge in [-0.1, -0.05) is 6.92 Å². The number of rotatable bonds is 5. The highest BCUT2D eigenvalue weighted by Crippen LogP contribution is 2.25. The van der Waals surface area contributed by atoms with Gasteiger partial charge in [0, 0.05) is 19.7 Å². The number of aryl methyl sites for hydroxylation is 1. The number of likely N-dealkylation sites (N-methyl/N-ethyl adjacent to an activating group) is 1. The number of nitrogen functional groups attached to an aromatic ring is 1. The van der Waals surface area contributed by atoms with Gasteiger partial charge in [-0.15, -0.1) is 0 Å². The molecule has 118 valence electrons. The van der Waals surface area contributed by atoms with Gasteiger partial charge in [-0.2, -0.15) is 4.31 Å². The van der Waals surface area contributed by atoms with E-state index in [0.29, 0.717) is 19.7 Å². The molecule has 7 heteroatoms. The standard InChI is InChI=1S/C14H21FN2O3S/c1-3-17(9-11-5-4-6-20-11)21(18,19)12-7-10(2)14(15)13(16)8-12/h7-8,11H,3-6,9,16H2,1-2H3. The van der Waals surface area contributed by atoms with Gasteiger partial charge in [0.2, 0.25) is 10.0 Å². The third-order valence-electron chi connectivity index (χ3n) is 3.68. The quantitative estimate of drug-likeness (QED) is 0.842. The molecule has 0 radical (unpaired) electrons. The lowest BCUT2D eigenvalue weighted by Gasteiger charge is -2.23. The lowest BCUT2D eigenvalue weighted by atomic mass is 10.2. The van der Waals surface area contributed by atoms with Crippen molar-refractivity contribution in [2.45, 2.75) is 37.7 Å². The van der Waals surface area contributed by atoms with Crippen LogP contribution in [0.25, 0.3) is 0 Å². The summed E-state index contributed by atoms with van der Waals surface area (Å²) in [5.41, 5.74) is 5.61. The van der Waals surface area contributed by atoms with Crippen LogP contribution in [0.15, 0.2) is 17.0 Å². The third-order valence-corrected chi connectivity index (χ3v) is 5.60. The Kier molecular flexibility index (Phi) is 4.85. The fraction of sp³-hybridized carbons (Fsp3) is 0.571. The molecule has 0 aliphatic carbocycles. The van der Waals surface area contributed by atoms with Crippen molar-refractivity contribution in [3.63, 3.8) is 0 Å². The molecule has 0 saturated carbocycles. The minimum atomic E-state index is -3.69. The molecule has 1 atom stereocenters. The van der Waals surface area contributed by atoms with Gasteiger partial charge in [0.1, 0.15) is 5.82 Å². The molecule has 1 aromatic rings. The van der Waals surface area contributed by atoms with Crippen molar-refractivity contribution in [2.75, 3.05) is 25.4 Å². The number of anilines is 1. The lowest BCUT2D eigenvalue weighted by molar-refractivity contribution is 0.0947. The predicted octanol–water partition coefficient (Wildman–Crippen LogP) is 1.91. The summed E-state index contributed by atoms with van der Waals surface area (Å²) < 4.78 is 45.7. The Labute approximate surface area is 124 Å².